The summed E-state index contributed by atoms with van der Waals surface area (Å²) in [5, 5.41) is 0. The van der Waals surface area contributed by atoms with Crippen molar-refractivity contribution in [3.8, 4) is 0 Å². The van der Waals surface area contributed by atoms with Crippen LogP contribution < -0.4 is 0 Å². The second-order valence-corrected chi connectivity index (χ2v) is 12.9. The van der Waals surface area contributed by atoms with Crippen LogP contribution in [0.15, 0.2) is 12.1 Å². The van der Waals surface area contributed by atoms with Gasteiger partial charge in [-0.15, -0.1) is 0 Å². The van der Waals surface area contributed by atoms with Gasteiger partial charge in [-0.05, 0) is 49.4 Å². The van der Waals surface area contributed by atoms with Gasteiger partial charge in [0.1, 0.15) is 0 Å². The molecule has 3 nitrogen and oxygen atoms in total. The van der Waals surface area contributed by atoms with Crippen molar-refractivity contribution >= 4 is 0 Å². The standard InChI is InChI=1S/C32H34F8O3/c33-23-11-24(34)28(38)21(27(23)37)15-31(13-19(5-7-41-31)9-17-1-2-17)43-32(14-20(6-8-42-32)10-18-3-4-18)16-22-29(39)25(35)12-26(36)30(22)40/h11-12,17-20H,1-10,13-16H2. The van der Waals surface area contributed by atoms with Gasteiger partial charge in [-0.25, -0.2) is 35.1 Å². The lowest BCUT2D eigenvalue weighted by Gasteiger charge is -2.49. The Morgan fingerprint density at radius 2 is 0.884 bits per heavy atom. The van der Waals surface area contributed by atoms with E-state index in [1.807, 2.05) is 0 Å². The Morgan fingerprint density at radius 1 is 0.535 bits per heavy atom. The molecule has 2 saturated carbocycles. The topological polar surface area (TPSA) is 27.7 Å². The molecule has 0 radical (unpaired) electrons. The van der Waals surface area contributed by atoms with Crippen LogP contribution in [0.5, 0.6) is 0 Å². The zero-order valence-electron chi connectivity index (χ0n) is 23.6. The van der Waals surface area contributed by atoms with E-state index in [2.05, 4.69) is 0 Å². The molecule has 0 aromatic heterocycles. The van der Waals surface area contributed by atoms with Crippen molar-refractivity contribution in [1.29, 1.82) is 0 Å². The van der Waals surface area contributed by atoms with Crippen LogP contribution in [0.1, 0.15) is 75.3 Å². The highest BCUT2D eigenvalue weighted by Crippen LogP contribution is 2.48. The molecule has 0 N–H and O–H groups in total. The van der Waals surface area contributed by atoms with Crippen molar-refractivity contribution < 1.29 is 49.3 Å². The SMILES string of the molecule is Fc1cc(F)c(F)c(CC2(OC3(Cc4c(F)c(F)cc(F)c4F)CC(CC4CC4)CCO3)CC(CC3CC3)CCO2)c1F. The molecule has 6 rings (SSSR count). The Hall–Kier alpha value is -2.24. The van der Waals surface area contributed by atoms with Gasteiger partial charge in [0.25, 0.3) is 0 Å². The summed E-state index contributed by atoms with van der Waals surface area (Å²) >= 11 is 0. The average Bonchev–Trinajstić information content (AvgIpc) is 3.90. The lowest BCUT2D eigenvalue weighted by atomic mass is 9.83. The first-order valence-corrected chi connectivity index (χ1v) is 15.1. The zero-order valence-corrected chi connectivity index (χ0v) is 23.6. The van der Waals surface area contributed by atoms with Crippen molar-refractivity contribution in [3.05, 3.63) is 69.8 Å². The maximum absolute atomic E-state index is 15.0. The fraction of sp³-hybridized carbons (Fsp3) is 0.625. The third-order valence-corrected chi connectivity index (χ3v) is 9.38. The van der Waals surface area contributed by atoms with Crippen LogP contribution in [0.25, 0.3) is 0 Å². The van der Waals surface area contributed by atoms with E-state index in [9.17, 15) is 17.6 Å². The number of halogens is 8. The largest absolute Gasteiger partial charge is 0.349 e. The second-order valence-electron chi connectivity index (χ2n) is 12.9. The summed E-state index contributed by atoms with van der Waals surface area (Å²) in [4.78, 5) is 0. The molecular formula is C32H34F8O3. The van der Waals surface area contributed by atoms with E-state index in [1.54, 1.807) is 0 Å². The number of hydrogen-bond acceptors (Lipinski definition) is 3. The molecule has 2 aromatic carbocycles. The number of hydrogen-bond donors (Lipinski definition) is 0. The molecule has 0 spiro atoms. The van der Waals surface area contributed by atoms with E-state index >= 15 is 17.6 Å². The zero-order chi connectivity index (χ0) is 30.5. The maximum atomic E-state index is 15.0. The maximum Gasteiger partial charge on any atom is 0.176 e. The predicted molar refractivity (Wildman–Crippen MR) is 139 cm³/mol. The smallest absolute Gasteiger partial charge is 0.176 e. The molecule has 2 aliphatic heterocycles. The lowest BCUT2D eigenvalue weighted by Crippen LogP contribution is -2.55. The van der Waals surface area contributed by atoms with Gasteiger partial charge in [-0.3, -0.25) is 0 Å². The number of benzene rings is 2. The molecule has 4 aliphatic rings. The molecule has 4 atom stereocenters. The monoisotopic (exact) mass is 618 g/mol. The van der Waals surface area contributed by atoms with E-state index in [4.69, 9.17) is 14.2 Å². The predicted octanol–water partition coefficient (Wildman–Crippen LogP) is 8.45. The highest BCUT2D eigenvalue weighted by molar-refractivity contribution is 5.26. The van der Waals surface area contributed by atoms with Crippen LogP contribution in [0, 0.1) is 70.2 Å². The molecule has 0 amide bonds. The number of rotatable bonds is 10. The molecule has 0 bridgehead atoms. The second kappa shape index (κ2) is 11.9. The van der Waals surface area contributed by atoms with Gasteiger partial charge in [0.05, 0.1) is 13.2 Å². The quantitative estimate of drug-likeness (QED) is 0.198. The van der Waals surface area contributed by atoms with Crippen LogP contribution in [0.4, 0.5) is 35.1 Å². The van der Waals surface area contributed by atoms with Crippen LogP contribution >= 0.6 is 0 Å². The normalized spacial score (nSPS) is 29.7. The minimum Gasteiger partial charge on any atom is -0.349 e. The van der Waals surface area contributed by atoms with Crippen LogP contribution in [0.2, 0.25) is 0 Å². The van der Waals surface area contributed by atoms with E-state index in [0.29, 0.717) is 24.7 Å². The van der Waals surface area contributed by atoms with E-state index in [-0.39, 0.29) is 50.0 Å². The van der Waals surface area contributed by atoms with Gasteiger partial charge >= 0.3 is 0 Å². The lowest BCUT2D eigenvalue weighted by molar-refractivity contribution is -0.384. The molecular weight excluding hydrogens is 584 g/mol. The highest BCUT2D eigenvalue weighted by Gasteiger charge is 2.51. The van der Waals surface area contributed by atoms with E-state index < -0.39 is 82.1 Å². The van der Waals surface area contributed by atoms with E-state index in [1.165, 1.54) is 0 Å². The minimum atomic E-state index is -1.92. The molecule has 2 heterocycles. The van der Waals surface area contributed by atoms with Gasteiger partial charge in [0.2, 0.25) is 0 Å². The van der Waals surface area contributed by atoms with Crippen LogP contribution in [-0.2, 0) is 27.1 Å². The summed E-state index contributed by atoms with van der Waals surface area (Å²) in [7, 11) is 0. The fourth-order valence-corrected chi connectivity index (χ4v) is 6.97. The van der Waals surface area contributed by atoms with Gasteiger partial charge in [-0.2, -0.15) is 0 Å². The minimum absolute atomic E-state index is 0.0474. The Balaban J connectivity index is 1.41. The summed E-state index contributed by atoms with van der Waals surface area (Å²) in [5.74, 6) is -15.8. The first kappa shape index (κ1) is 30.8. The summed E-state index contributed by atoms with van der Waals surface area (Å²) in [6, 6.07) is 0.217. The first-order valence-electron chi connectivity index (χ1n) is 15.1. The highest BCUT2D eigenvalue weighted by atomic mass is 19.2. The molecule has 11 heteroatoms. The number of ether oxygens (including phenoxy) is 3. The summed E-state index contributed by atoms with van der Waals surface area (Å²) in [6.45, 7) is 0.161. The van der Waals surface area contributed by atoms with Gasteiger partial charge in [0, 0.05) is 48.9 Å². The fourth-order valence-electron chi connectivity index (χ4n) is 6.97. The van der Waals surface area contributed by atoms with Crippen LogP contribution in [-0.4, -0.2) is 24.8 Å². The summed E-state index contributed by atoms with van der Waals surface area (Å²) < 4.78 is 136. The van der Waals surface area contributed by atoms with Gasteiger partial charge in [0.15, 0.2) is 58.1 Å². The third-order valence-electron chi connectivity index (χ3n) is 9.38. The van der Waals surface area contributed by atoms with Gasteiger partial charge in [-0.1, -0.05) is 25.7 Å². The molecule has 2 aromatic rings. The third kappa shape index (κ3) is 6.73. The summed E-state index contributed by atoms with van der Waals surface area (Å²) in [5.41, 5.74) is -1.86. The average molecular weight is 619 g/mol. The molecule has 43 heavy (non-hydrogen) atoms. The molecule has 4 fully saturated rings. The molecule has 2 saturated heterocycles. The van der Waals surface area contributed by atoms with Crippen LogP contribution in [0.3, 0.4) is 0 Å². The Kier molecular flexibility index (Phi) is 8.54. The Morgan fingerprint density at radius 3 is 1.21 bits per heavy atom. The van der Waals surface area contributed by atoms with Gasteiger partial charge < -0.3 is 14.2 Å². The Bertz CT molecular complexity index is 1210. The first-order chi connectivity index (χ1) is 20.5. The molecule has 4 unspecified atom stereocenters. The van der Waals surface area contributed by atoms with E-state index in [0.717, 1.165) is 38.5 Å². The summed E-state index contributed by atoms with van der Waals surface area (Å²) in [6.07, 6.45) is 5.45. The Labute approximate surface area is 244 Å². The van der Waals surface area contributed by atoms with Crippen molar-refractivity contribution in [2.45, 2.75) is 88.6 Å². The van der Waals surface area contributed by atoms with Crippen molar-refractivity contribution in [3.63, 3.8) is 0 Å². The molecule has 236 valence electrons. The molecule has 2 aliphatic carbocycles. The van der Waals surface area contributed by atoms with Crippen molar-refractivity contribution in [2.75, 3.05) is 13.2 Å². The van der Waals surface area contributed by atoms with Crippen molar-refractivity contribution in [2.24, 2.45) is 23.7 Å². The van der Waals surface area contributed by atoms with Crippen molar-refractivity contribution in [1.82, 2.24) is 0 Å².